The number of nitrogens with zero attached hydrogens (tertiary/aromatic N) is 1. The third-order valence-electron chi connectivity index (χ3n) is 1.90. The lowest BCUT2D eigenvalue weighted by Crippen LogP contribution is -2.09. The fourth-order valence-corrected chi connectivity index (χ4v) is 1.26. The molecule has 1 aromatic carbocycles. The second kappa shape index (κ2) is 4.89. The summed E-state index contributed by atoms with van der Waals surface area (Å²) in [5.41, 5.74) is 0.247. The Bertz CT molecular complexity index is 451. The van der Waals surface area contributed by atoms with Gasteiger partial charge in [0.05, 0.1) is 19.9 Å². The summed E-state index contributed by atoms with van der Waals surface area (Å²) < 4.78 is 9.99. The molecule has 0 heterocycles. The third-order valence-corrected chi connectivity index (χ3v) is 1.90. The fraction of sp³-hybridized carbons (Fsp3) is 0.200. The number of amides is 1. The molecule has 0 aromatic heterocycles. The summed E-state index contributed by atoms with van der Waals surface area (Å²) in [7, 11) is 2.81. The molecule has 1 rings (SSSR count). The van der Waals surface area contributed by atoms with Gasteiger partial charge in [-0.3, -0.25) is 5.32 Å². The van der Waals surface area contributed by atoms with Crippen molar-refractivity contribution in [2.24, 2.45) is 0 Å². The van der Waals surface area contributed by atoms with Crippen LogP contribution in [-0.2, 0) is 0 Å². The highest BCUT2D eigenvalue weighted by Crippen LogP contribution is 2.35. The number of carboxylic acid groups (broad SMARTS) is 1. The van der Waals surface area contributed by atoms with Crippen LogP contribution in [0.1, 0.15) is 5.56 Å². The standard InChI is InChI=1S/C10H10N2O4/c1-15-8-4-3-7(12-10(13)14)6(5-11)9(8)16-2/h3-4,12H,1-2H3,(H,13,14). The molecule has 0 radical (unpaired) electrons. The van der Waals surface area contributed by atoms with Crippen LogP contribution in [0.2, 0.25) is 0 Å². The molecule has 0 bridgehead atoms. The van der Waals surface area contributed by atoms with Crippen LogP contribution in [0, 0.1) is 11.3 Å². The highest BCUT2D eigenvalue weighted by atomic mass is 16.5. The number of hydrogen-bond acceptors (Lipinski definition) is 4. The van der Waals surface area contributed by atoms with E-state index in [4.69, 9.17) is 19.8 Å². The fourth-order valence-electron chi connectivity index (χ4n) is 1.26. The van der Waals surface area contributed by atoms with Crippen molar-refractivity contribution in [3.63, 3.8) is 0 Å². The Morgan fingerprint density at radius 1 is 1.44 bits per heavy atom. The highest BCUT2D eigenvalue weighted by molar-refractivity contribution is 5.86. The van der Waals surface area contributed by atoms with Crippen LogP contribution in [0.15, 0.2) is 12.1 Å². The Morgan fingerprint density at radius 3 is 2.56 bits per heavy atom. The van der Waals surface area contributed by atoms with Crippen molar-refractivity contribution in [3.8, 4) is 17.6 Å². The normalized spacial score (nSPS) is 9.06. The Balaban J connectivity index is 3.32. The molecular weight excluding hydrogens is 212 g/mol. The van der Waals surface area contributed by atoms with E-state index in [2.05, 4.69) is 5.32 Å². The number of carbonyl (C=O) groups is 1. The SMILES string of the molecule is COc1ccc(NC(=O)O)c(C#N)c1OC. The number of ether oxygens (including phenoxy) is 2. The van der Waals surface area contributed by atoms with Crippen molar-refractivity contribution in [1.82, 2.24) is 0 Å². The Kier molecular flexibility index (Phi) is 3.56. The van der Waals surface area contributed by atoms with E-state index in [9.17, 15) is 4.79 Å². The van der Waals surface area contributed by atoms with Gasteiger partial charge in [-0.2, -0.15) is 5.26 Å². The van der Waals surface area contributed by atoms with Gasteiger partial charge in [0.25, 0.3) is 0 Å². The monoisotopic (exact) mass is 222 g/mol. The lowest BCUT2D eigenvalue weighted by Gasteiger charge is -2.11. The summed E-state index contributed by atoms with van der Waals surface area (Å²) in [6, 6.07) is 4.82. The largest absolute Gasteiger partial charge is 0.493 e. The minimum atomic E-state index is -1.25. The summed E-state index contributed by atoms with van der Waals surface area (Å²) in [5.74, 6) is 0.575. The topological polar surface area (TPSA) is 91.6 Å². The maximum atomic E-state index is 10.5. The van der Waals surface area contributed by atoms with Gasteiger partial charge < -0.3 is 14.6 Å². The van der Waals surface area contributed by atoms with Gasteiger partial charge in [0.1, 0.15) is 11.6 Å². The van der Waals surface area contributed by atoms with E-state index in [1.54, 1.807) is 0 Å². The number of hydrogen-bond donors (Lipinski definition) is 2. The second-order valence-corrected chi connectivity index (χ2v) is 2.77. The maximum Gasteiger partial charge on any atom is 0.409 e. The first-order valence-electron chi connectivity index (χ1n) is 4.29. The van der Waals surface area contributed by atoms with Gasteiger partial charge in [-0.1, -0.05) is 0 Å². The van der Waals surface area contributed by atoms with Crippen molar-refractivity contribution in [3.05, 3.63) is 17.7 Å². The molecule has 0 aliphatic carbocycles. The van der Waals surface area contributed by atoms with Crippen molar-refractivity contribution in [2.75, 3.05) is 19.5 Å². The zero-order valence-corrected chi connectivity index (χ0v) is 8.77. The molecular formula is C10H10N2O4. The first-order valence-corrected chi connectivity index (χ1v) is 4.29. The Labute approximate surface area is 92.0 Å². The Hall–Kier alpha value is -2.42. The summed E-state index contributed by atoms with van der Waals surface area (Å²) in [6.07, 6.45) is -1.25. The lowest BCUT2D eigenvalue weighted by atomic mass is 10.1. The van der Waals surface area contributed by atoms with E-state index in [1.807, 2.05) is 6.07 Å². The van der Waals surface area contributed by atoms with Crippen LogP contribution in [-0.4, -0.2) is 25.4 Å². The van der Waals surface area contributed by atoms with Crippen molar-refractivity contribution in [2.45, 2.75) is 0 Å². The number of anilines is 1. The summed E-state index contributed by atoms with van der Waals surface area (Å²) in [6.45, 7) is 0. The van der Waals surface area contributed by atoms with E-state index < -0.39 is 6.09 Å². The smallest absolute Gasteiger partial charge is 0.409 e. The van der Waals surface area contributed by atoms with E-state index in [0.29, 0.717) is 5.75 Å². The van der Waals surface area contributed by atoms with Crippen molar-refractivity contribution >= 4 is 11.8 Å². The number of nitrogens with one attached hydrogen (secondary N) is 1. The van der Waals surface area contributed by atoms with E-state index in [0.717, 1.165) is 0 Å². The molecule has 1 aromatic rings. The first-order chi connectivity index (χ1) is 7.63. The molecule has 0 aliphatic heterocycles. The van der Waals surface area contributed by atoms with Gasteiger partial charge in [-0.05, 0) is 12.1 Å². The van der Waals surface area contributed by atoms with Crippen LogP contribution in [0.5, 0.6) is 11.5 Å². The predicted octanol–water partition coefficient (Wildman–Crippen LogP) is 1.67. The molecule has 16 heavy (non-hydrogen) atoms. The molecule has 0 fully saturated rings. The highest BCUT2D eigenvalue weighted by Gasteiger charge is 2.15. The van der Waals surface area contributed by atoms with Gasteiger partial charge in [0, 0.05) is 0 Å². The quantitative estimate of drug-likeness (QED) is 0.811. The number of rotatable bonds is 3. The van der Waals surface area contributed by atoms with Crippen LogP contribution < -0.4 is 14.8 Å². The number of methoxy groups -OCH3 is 2. The van der Waals surface area contributed by atoms with Gasteiger partial charge >= 0.3 is 6.09 Å². The summed E-state index contributed by atoms with van der Waals surface area (Å²) in [4.78, 5) is 10.5. The minimum Gasteiger partial charge on any atom is -0.493 e. The van der Waals surface area contributed by atoms with Crippen LogP contribution >= 0.6 is 0 Å². The summed E-state index contributed by atoms with van der Waals surface area (Å²) >= 11 is 0. The van der Waals surface area contributed by atoms with Gasteiger partial charge in [-0.25, -0.2) is 4.79 Å². The van der Waals surface area contributed by atoms with Crippen LogP contribution in [0.3, 0.4) is 0 Å². The molecule has 6 heteroatoms. The van der Waals surface area contributed by atoms with Gasteiger partial charge in [0.15, 0.2) is 11.5 Å². The lowest BCUT2D eigenvalue weighted by molar-refractivity contribution is 0.209. The van der Waals surface area contributed by atoms with Gasteiger partial charge in [-0.15, -0.1) is 0 Å². The molecule has 0 unspecified atom stereocenters. The zero-order chi connectivity index (χ0) is 12.1. The average molecular weight is 222 g/mol. The molecule has 84 valence electrons. The second-order valence-electron chi connectivity index (χ2n) is 2.77. The van der Waals surface area contributed by atoms with Crippen LogP contribution in [0.25, 0.3) is 0 Å². The maximum absolute atomic E-state index is 10.5. The van der Waals surface area contributed by atoms with E-state index in [1.165, 1.54) is 26.4 Å². The molecule has 0 aliphatic rings. The Morgan fingerprint density at radius 2 is 2.12 bits per heavy atom. The molecule has 6 nitrogen and oxygen atoms in total. The molecule has 0 atom stereocenters. The molecule has 0 saturated heterocycles. The molecule has 0 spiro atoms. The van der Waals surface area contributed by atoms with E-state index in [-0.39, 0.29) is 17.0 Å². The zero-order valence-electron chi connectivity index (χ0n) is 8.77. The minimum absolute atomic E-state index is 0.0873. The number of benzene rings is 1. The molecule has 2 N–H and O–H groups in total. The third kappa shape index (κ3) is 2.15. The molecule has 1 amide bonds. The van der Waals surface area contributed by atoms with Gasteiger partial charge in [0.2, 0.25) is 0 Å². The summed E-state index contributed by atoms with van der Waals surface area (Å²) in [5, 5.41) is 19.6. The van der Waals surface area contributed by atoms with Crippen molar-refractivity contribution < 1.29 is 19.4 Å². The average Bonchev–Trinajstić information content (AvgIpc) is 2.27. The first kappa shape index (κ1) is 11.7. The number of nitriles is 1. The van der Waals surface area contributed by atoms with Crippen LogP contribution in [0.4, 0.5) is 10.5 Å². The van der Waals surface area contributed by atoms with E-state index >= 15 is 0 Å². The predicted molar refractivity (Wildman–Crippen MR) is 55.9 cm³/mol. The molecule has 0 saturated carbocycles. The van der Waals surface area contributed by atoms with Crippen molar-refractivity contribution in [1.29, 1.82) is 5.26 Å².